The van der Waals surface area contributed by atoms with Gasteiger partial charge in [0, 0.05) is 0 Å². The number of nitro groups is 1. The van der Waals surface area contributed by atoms with E-state index in [0.717, 1.165) is 0 Å². The Morgan fingerprint density at radius 2 is 1.70 bits per heavy atom. The predicted molar refractivity (Wildman–Crippen MR) is 83.3 cm³/mol. The van der Waals surface area contributed by atoms with E-state index in [1.54, 1.807) is 6.07 Å². The highest BCUT2D eigenvalue weighted by Crippen LogP contribution is 2.22. The maximum Gasteiger partial charge on any atom is 0.406 e. The molecule has 1 heterocycles. The van der Waals surface area contributed by atoms with E-state index >= 15 is 0 Å². The first-order valence-electron chi connectivity index (χ1n) is 7.13. The van der Waals surface area contributed by atoms with Gasteiger partial charge in [0.15, 0.2) is 0 Å². The zero-order valence-electron chi connectivity index (χ0n) is 12.9. The molecule has 1 aromatic rings. The number of aromatic nitrogens is 1. The van der Waals surface area contributed by atoms with E-state index in [4.69, 9.17) is 18.9 Å². The van der Waals surface area contributed by atoms with Crippen LogP contribution in [-0.4, -0.2) is 69.4 Å². The van der Waals surface area contributed by atoms with Gasteiger partial charge in [-0.15, -0.1) is 0 Å². The van der Waals surface area contributed by atoms with Crippen molar-refractivity contribution < 1.29 is 23.9 Å². The largest absolute Gasteiger partial charge is 0.483 e. The first kappa shape index (κ1) is 18.9. The van der Waals surface area contributed by atoms with Crippen LogP contribution >= 0.6 is 0 Å². The number of nitrogens with zero attached hydrogens (tertiary/aromatic N) is 3. The fraction of sp³-hybridized carbons (Fsp3) is 0.571. The standard InChI is InChI=1S/C14H21N3O6/c1-15-5-6-20-7-8-21-9-10-22-11-12-23-13-3-2-4-16-14(13)17(18)19/h2-4H,1,5-12H2. The summed E-state index contributed by atoms with van der Waals surface area (Å²) in [5.74, 6) is -0.175. The third-order valence-corrected chi connectivity index (χ3v) is 2.55. The molecule has 0 saturated carbocycles. The molecule has 0 radical (unpaired) electrons. The smallest absolute Gasteiger partial charge is 0.406 e. The highest BCUT2D eigenvalue weighted by Gasteiger charge is 2.14. The van der Waals surface area contributed by atoms with Gasteiger partial charge in [0.2, 0.25) is 5.75 Å². The normalized spacial score (nSPS) is 10.4. The van der Waals surface area contributed by atoms with Gasteiger partial charge in [-0.3, -0.25) is 4.99 Å². The summed E-state index contributed by atoms with van der Waals surface area (Å²) in [4.78, 5) is 17.5. The Kier molecular flexibility index (Phi) is 10.3. The van der Waals surface area contributed by atoms with Crippen LogP contribution in [0.15, 0.2) is 23.3 Å². The fourth-order valence-electron chi connectivity index (χ4n) is 1.51. The Balaban J connectivity index is 1.98. The van der Waals surface area contributed by atoms with E-state index in [-0.39, 0.29) is 18.2 Å². The number of hydrogen-bond donors (Lipinski definition) is 0. The van der Waals surface area contributed by atoms with Crippen LogP contribution in [0.5, 0.6) is 5.75 Å². The van der Waals surface area contributed by atoms with Gasteiger partial charge in [0.1, 0.15) is 12.8 Å². The number of hydrogen-bond acceptors (Lipinski definition) is 8. The van der Waals surface area contributed by atoms with E-state index in [2.05, 4.69) is 16.7 Å². The number of pyridine rings is 1. The molecule has 1 rings (SSSR count). The van der Waals surface area contributed by atoms with Crippen LogP contribution in [0.3, 0.4) is 0 Å². The van der Waals surface area contributed by atoms with Crippen LogP contribution in [0.4, 0.5) is 5.82 Å². The lowest BCUT2D eigenvalue weighted by molar-refractivity contribution is -0.390. The lowest BCUT2D eigenvalue weighted by atomic mass is 10.4. The van der Waals surface area contributed by atoms with Crippen molar-refractivity contribution >= 4 is 12.5 Å². The Morgan fingerprint density at radius 1 is 1.09 bits per heavy atom. The molecule has 0 fully saturated rings. The molecule has 128 valence electrons. The van der Waals surface area contributed by atoms with Crippen molar-refractivity contribution in [3.05, 3.63) is 28.4 Å². The summed E-state index contributed by atoms with van der Waals surface area (Å²) in [6, 6.07) is 3.07. The van der Waals surface area contributed by atoms with Crippen molar-refractivity contribution in [2.45, 2.75) is 0 Å². The Hall–Kier alpha value is -2.10. The predicted octanol–water partition coefficient (Wildman–Crippen LogP) is 1.12. The number of rotatable bonds is 14. The molecular formula is C14H21N3O6. The van der Waals surface area contributed by atoms with Crippen molar-refractivity contribution in [2.75, 3.05) is 52.8 Å². The van der Waals surface area contributed by atoms with Crippen LogP contribution in [0.1, 0.15) is 0 Å². The maximum absolute atomic E-state index is 10.7. The summed E-state index contributed by atoms with van der Waals surface area (Å²) in [7, 11) is 0. The molecule has 0 spiro atoms. The van der Waals surface area contributed by atoms with Gasteiger partial charge in [-0.25, -0.2) is 0 Å². The zero-order valence-corrected chi connectivity index (χ0v) is 12.9. The summed E-state index contributed by atoms with van der Waals surface area (Å²) < 4.78 is 21.1. The van der Waals surface area contributed by atoms with Crippen LogP contribution in [0, 0.1) is 10.1 Å². The molecule has 23 heavy (non-hydrogen) atoms. The van der Waals surface area contributed by atoms with Crippen molar-refractivity contribution in [1.82, 2.24) is 4.98 Å². The third kappa shape index (κ3) is 8.81. The van der Waals surface area contributed by atoms with Crippen LogP contribution < -0.4 is 4.74 Å². The summed E-state index contributed by atoms with van der Waals surface area (Å²) in [5, 5.41) is 10.7. The Bertz CT molecular complexity index is 472. The molecule has 0 aromatic carbocycles. The second-order valence-corrected chi connectivity index (χ2v) is 4.22. The molecule has 0 saturated heterocycles. The van der Waals surface area contributed by atoms with Gasteiger partial charge in [0.25, 0.3) is 0 Å². The SMILES string of the molecule is C=NCCOCCOCCOCCOc1cccnc1[N+](=O)[O-]. The lowest BCUT2D eigenvalue weighted by Crippen LogP contribution is -2.13. The molecule has 0 N–H and O–H groups in total. The van der Waals surface area contributed by atoms with Crippen molar-refractivity contribution in [2.24, 2.45) is 4.99 Å². The number of aliphatic imine (C=N–C) groups is 1. The molecule has 0 atom stereocenters. The molecule has 0 aliphatic rings. The maximum atomic E-state index is 10.7. The summed E-state index contributed by atoms with van der Waals surface area (Å²) in [5.41, 5.74) is 0. The summed E-state index contributed by atoms with van der Waals surface area (Å²) >= 11 is 0. The second-order valence-electron chi connectivity index (χ2n) is 4.22. The Labute approximate surface area is 134 Å². The minimum atomic E-state index is -0.586. The quantitative estimate of drug-likeness (QED) is 0.218. The van der Waals surface area contributed by atoms with Gasteiger partial charge < -0.3 is 29.1 Å². The summed E-state index contributed by atoms with van der Waals surface area (Å²) in [6.07, 6.45) is 1.34. The molecule has 0 aliphatic carbocycles. The average molecular weight is 327 g/mol. The van der Waals surface area contributed by atoms with E-state index in [9.17, 15) is 10.1 Å². The van der Waals surface area contributed by atoms with Crippen LogP contribution in [-0.2, 0) is 14.2 Å². The van der Waals surface area contributed by atoms with Gasteiger partial charge >= 0.3 is 5.82 Å². The molecule has 0 aliphatic heterocycles. The van der Waals surface area contributed by atoms with Crippen LogP contribution in [0.25, 0.3) is 0 Å². The van der Waals surface area contributed by atoms with Crippen molar-refractivity contribution in [3.63, 3.8) is 0 Å². The molecule has 9 nitrogen and oxygen atoms in total. The molecule has 0 unspecified atom stereocenters. The Morgan fingerprint density at radius 3 is 2.30 bits per heavy atom. The zero-order chi connectivity index (χ0) is 16.8. The fourth-order valence-corrected chi connectivity index (χ4v) is 1.51. The summed E-state index contributed by atoms with van der Waals surface area (Å²) in [6.45, 7) is 6.82. The highest BCUT2D eigenvalue weighted by molar-refractivity contribution is 5.38. The third-order valence-electron chi connectivity index (χ3n) is 2.55. The molecule has 0 bridgehead atoms. The molecule has 9 heteroatoms. The second kappa shape index (κ2) is 12.4. The molecule has 1 aromatic heterocycles. The van der Waals surface area contributed by atoms with E-state index in [0.29, 0.717) is 46.2 Å². The monoisotopic (exact) mass is 327 g/mol. The first-order valence-corrected chi connectivity index (χ1v) is 7.13. The van der Waals surface area contributed by atoms with Crippen molar-refractivity contribution in [3.8, 4) is 5.75 Å². The van der Waals surface area contributed by atoms with Gasteiger partial charge in [0.05, 0.1) is 46.2 Å². The molecule has 0 amide bonds. The van der Waals surface area contributed by atoms with E-state index in [1.807, 2.05) is 0 Å². The van der Waals surface area contributed by atoms with Gasteiger partial charge in [-0.2, -0.15) is 0 Å². The van der Waals surface area contributed by atoms with Gasteiger partial charge in [-0.1, -0.05) is 0 Å². The minimum Gasteiger partial charge on any atom is -0.483 e. The molecular weight excluding hydrogens is 306 g/mol. The van der Waals surface area contributed by atoms with Crippen LogP contribution in [0.2, 0.25) is 0 Å². The lowest BCUT2D eigenvalue weighted by Gasteiger charge is -2.08. The minimum absolute atomic E-state index is 0.128. The average Bonchev–Trinajstić information content (AvgIpc) is 2.56. The highest BCUT2D eigenvalue weighted by atomic mass is 16.6. The van der Waals surface area contributed by atoms with Crippen molar-refractivity contribution in [1.29, 1.82) is 0 Å². The topological polar surface area (TPSA) is 105 Å². The first-order chi connectivity index (χ1) is 11.3. The van der Waals surface area contributed by atoms with Gasteiger partial charge in [-0.05, 0) is 28.8 Å². The van der Waals surface area contributed by atoms with E-state index < -0.39 is 4.92 Å². The number of ether oxygens (including phenoxy) is 4. The van der Waals surface area contributed by atoms with E-state index in [1.165, 1.54) is 12.3 Å².